The fraction of sp³-hybridized carbons (Fsp3) is 0.417. The van der Waals surface area contributed by atoms with Gasteiger partial charge in [-0.2, -0.15) is 0 Å². The van der Waals surface area contributed by atoms with Gasteiger partial charge < -0.3 is 9.64 Å². The van der Waals surface area contributed by atoms with Crippen molar-refractivity contribution in [2.75, 3.05) is 25.1 Å². The standard InChI is InChI=1S/C12H14FIN2O4/c1-3-4-15(7-12(17)20-2)10-5-8(13)9(14)6-11(10)16(18)19/h5-6H,3-4,7H2,1-2H3. The van der Waals surface area contributed by atoms with Gasteiger partial charge in [-0.3, -0.25) is 14.9 Å². The van der Waals surface area contributed by atoms with E-state index in [2.05, 4.69) is 4.74 Å². The van der Waals surface area contributed by atoms with E-state index in [-0.39, 0.29) is 21.5 Å². The Morgan fingerprint density at radius 3 is 2.70 bits per heavy atom. The third kappa shape index (κ3) is 4.02. The van der Waals surface area contributed by atoms with Crippen LogP contribution >= 0.6 is 22.6 Å². The summed E-state index contributed by atoms with van der Waals surface area (Å²) < 4.78 is 18.4. The second-order valence-corrected chi connectivity index (χ2v) is 5.17. The van der Waals surface area contributed by atoms with Gasteiger partial charge in [0.05, 0.1) is 15.6 Å². The van der Waals surface area contributed by atoms with Crippen molar-refractivity contribution in [2.45, 2.75) is 13.3 Å². The average Bonchev–Trinajstić information content (AvgIpc) is 2.40. The Morgan fingerprint density at radius 1 is 1.55 bits per heavy atom. The molecule has 0 amide bonds. The maximum Gasteiger partial charge on any atom is 0.325 e. The number of carbonyl (C=O) groups excluding carboxylic acids is 1. The van der Waals surface area contributed by atoms with Crippen LogP contribution in [0.1, 0.15) is 13.3 Å². The summed E-state index contributed by atoms with van der Waals surface area (Å²) in [5.41, 5.74) is -0.145. The van der Waals surface area contributed by atoms with Gasteiger partial charge in [-0.05, 0) is 29.0 Å². The van der Waals surface area contributed by atoms with Crippen LogP contribution in [0.15, 0.2) is 12.1 Å². The fourth-order valence-corrected chi connectivity index (χ4v) is 2.15. The van der Waals surface area contributed by atoms with Gasteiger partial charge in [0.15, 0.2) is 0 Å². The largest absolute Gasteiger partial charge is 0.468 e. The molecular weight excluding hydrogens is 382 g/mol. The highest BCUT2D eigenvalue weighted by atomic mass is 127. The monoisotopic (exact) mass is 396 g/mol. The number of carbonyl (C=O) groups is 1. The third-order valence-corrected chi connectivity index (χ3v) is 3.42. The van der Waals surface area contributed by atoms with Crippen molar-refractivity contribution in [1.29, 1.82) is 0 Å². The Hall–Kier alpha value is -1.45. The topological polar surface area (TPSA) is 72.7 Å². The summed E-state index contributed by atoms with van der Waals surface area (Å²) in [6.45, 7) is 2.08. The van der Waals surface area contributed by atoms with Crippen molar-refractivity contribution in [1.82, 2.24) is 0 Å². The van der Waals surface area contributed by atoms with E-state index >= 15 is 0 Å². The lowest BCUT2D eigenvalue weighted by Gasteiger charge is -2.22. The summed E-state index contributed by atoms with van der Waals surface area (Å²) in [6.07, 6.45) is 0.655. The molecule has 0 aliphatic heterocycles. The molecule has 110 valence electrons. The van der Waals surface area contributed by atoms with Crippen LogP contribution in [0.5, 0.6) is 0 Å². The van der Waals surface area contributed by atoms with E-state index in [0.717, 1.165) is 12.1 Å². The van der Waals surface area contributed by atoms with E-state index in [1.54, 1.807) is 22.6 Å². The summed E-state index contributed by atoms with van der Waals surface area (Å²) in [5, 5.41) is 11.1. The number of hydrogen-bond donors (Lipinski definition) is 0. The highest BCUT2D eigenvalue weighted by Crippen LogP contribution is 2.31. The zero-order chi connectivity index (χ0) is 15.3. The lowest BCUT2D eigenvalue weighted by Crippen LogP contribution is -2.32. The molecule has 0 bridgehead atoms. The zero-order valence-corrected chi connectivity index (χ0v) is 13.2. The van der Waals surface area contributed by atoms with Gasteiger partial charge in [0.25, 0.3) is 5.69 Å². The number of nitrogens with zero attached hydrogens (tertiary/aromatic N) is 2. The summed E-state index contributed by atoms with van der Waals surface area (Å²) in [6, 6.07) is 2.24. The maximum atomic E-state index is 13.7. The second-order valence-electron chi connectivity index (χ2n) is 4.01. The van der Waals surface area contributed by atoms with Gasteiger partial charge in [-0.15, -0.1) is 0 Å². The molecule has 0 spiro atoms. The normalized spacial score (nSPS) is 10.2. The second kappa shape index (κ2) is 7.36. The van der Waals surface area contributed by atoms with Crippen LogP contribution in [0.2, 0.25) is 0 Å². The summed E-state index contributed by atoms with van der Waals surface area (Å²) in [7, 11) is 1.23. The number of benzene rings is 1. The Labute approximate surface area is 129 Å². The van der Waals surface area contributed by atoms with Crippen LogP contribution in [-0.2, 0) is 9.53 Å². The van der Waals surface area contributed by atoms with Crippen molar-refractivity contribution >= 4 is 39.9 Å². The summed E-state index contributed by atoms with van der Waals surface area (Å²) >= 11 is 1.69. The van der Waals surface area contributed by atoms with E-state index in [1.165, 1.54) is 12.0 Å². The number of hydrogen-bond acceptors (Lipinski definition) is 5. The fourth-order valence-electron chi connectivity index (χ4n) is 1.70. The number of ether oxygens (including phenoxy) is 1. The first kappa shape index (κ1) is 16.6. The Morgan fingerprint density at radius 2 is 2.20 bits per heavy atom. The predicted octanol–water partition coefficient (Wildman–Crippen LogP) is 2.73. The minimum absolute atomic E-state index is 0.0835. The van der Waals surface area contributed by atoms with Gasteiger partial charge in [0, 0.05) is 18.7 Å². The number of methoxy groups -OCH3 is 1. The van der Waals surface area contributed by atoms with Gasteiger partial charge in [0.2, 0.25) is 0 Å². The Bertz CT molecular complexity index is 524. The SMILES string of the molecule is CCCN(CC(=O)OC)c1cc(F)c(I)cc1[N+](=O)[O-]. The molecule has 0 unspecified atom stereocenters. The van der Waals surface area contributed by atoms with E-state index in [4.69, 9.17) is 0 Å². The molecule has 0 saturated heterocycles. The molecule has 0 radical (unpaired) electrons. The number of nitro groups is 1. The number of esters is 1. The van der Waals surface area contributed by atoms with E-state index in [0.29, 0.717) is 13.0 Å². The van der Waals surface area contributed by atoms with Gasteiger partial charge >= 0.3 is 5.97 Å². The Kier molecular flexibility index (Phi) is 6.11. The minimum atomic E-state index is -0.586. The van der Waals surface area contributed by atoms with Crippen molar-refractivity contribution in [3.05, 3.63) is 31.6 Å². The van der Waals surface area contributed by atoms with E-state index < -0.39 is 16.7 Å². The molecule has 1 aromatic carbocycles. The molecular formula is C12H14FIN2O4. The maximum absolute atomic E-state index is 13.7. The summed E-state index contributed by atoms with van der Waals surface area (Å²) in [5.74, 6) is -1.09. The van der Waals surface area contributed by atoms with E-state index in [9.17, 15) is 19.3 Å². The first-order valence-electron chi connectivity index (χ1n) is 5.85. The molecule has 1 rings (SSSR count). The molecule has 0 aliphatic carbocycles. The molecule has 0 aliphatic rings. The predicted molar refractivity (Wildman–Crippen MR) is 80.3 cm³/mol. The molecule has 0 saturated carbocycles. The zero-order valence-electron chi connectivity index (χ0n) is 11.1. The molecule has 0 fully saturated rings. The molecule has 0 heterocycles. The first-order chi connectivity index (χ1) is 9.40. The number of anilines is 1. The smallest absolute Gasteiger partial charge is 0.325 e. The number of rotatable bonds is 6. The van der Waals surface area contributed by atoms with Crippen LogP contribution in [0, 0.1) is 19.5 Å². The van der Waals surface area contributed by atoms with Crippen LogP contribution in [0.3, 0.4) is 0 Å². The Balaban J connectivity index is 3.26. The molecule has 8 heteroatoms. The van der Waals surface area contributed by atoms with Gasteiger partial charge in [-0.25, -0.2) is 4.39 Å². The van der Waals surface area contributed by atoms with Crippen molar-refractivity contribution in [2.24, 2.45) is 0 Å². The molecule has 1 aromatic rings. The molecule has 0 aromatic heterocycles. The van der Waals surface area contributed by atoms with Gasteiger partial charge in [-0.1, -0.05) is 6.92 Å². The van der Waals surface area contributed by atoms with Crippen molar-refractivity contribution in [3.8, 4) is 0 Å². The van der Waals surface area contributed by atoms with Crippen LogP contribution in [0.25, 0.3) is 0 Å². The van der Waals surface area contributed by atoms with Crippen LogP contribution in [-0.4, -0.2) is 31.1 Å². The number of halogens is 2. The highest BCUT2D eigenvalue weighted by molar-refractivity contribution is 14.1. The quantitative estimate of drug-likeness (QED) is 0.320. The number of nitro benzene ring substituents is 1. The van der Waals surface area contributed by atoms with Crippen molar-refractivity contribution in [3.63, 3.8) is 0 Å². The highest BCUT2D eigenvalue weighted by Gasteiger charge is 2.23. The lowest BCUT2D eigenvalue weighted by molar-refractivity contribution is -0.384. The van der Waals surface area contributed by atoms with Crippen LogP contribution < -0.4 is 4.90 Å². The first-order valence-corrected chi connectivity index (χ1v) is 6.93. The molecule has 0 N–H and O–H groups in total. The van der Waals surface area contributed by atoms with Crippen LogP contribution in [0.4, 0.5) is 15.8 Å². The average molecular weight is 396 g/mol. The molecule has 6 nitrogen and oxygen atoms in total. The van der Waals surface area contributed by atoms with Gasteiger partial charge in [0.1, 0.15) is 18.0 Å². The summed E-state index contributed by atoms with van der Waals surface area (Å²) in [4.78, 5) is 23.3. The minimum Gasteiger partial charge on any atom is -0.468 e. The van der Waals surface area contributed by atoms with E-state index in [1.807, 2.05) is 6.92 Å². The lowest BCUT2D eigenvalue weighted by atomic mass is 10.2. The third-order valence-electron chi connectivity index (χ3n) is 2.60. The van der Waals surface area contributed by atoms with Crippen molar-refractivity contribution < 1.29 is 18.8 Å². The molecule has 20 heavy (non-hydrogen) atoms. The molecule has 0 atom stereocenters.